The maximum absolute atomic E-state index is 11.6. The standard InChI is InChI=1S/C10H11N3O2/c1-10(8(14)12-9(15)13-10)6-4-2-3-5-7(6)11/h2-5H,11H2,1H3,(H2,12,13,14,15). The van der Waals surface area contributed by atoms with Gasteiger partial charge in [-0.1, -0.05) is 18.2 Å². The Morgan fingerprint density at radius 1 is 1.27 bits per heavy atom. The van der Waals surface area contributed by atoms with Crippen LogP contribution in [-0.4, -0.2) is 11.9 Å². The van der Waals surface area contributed by atoms with Gasteiger partial charge in [0.2, 0.25) is 0 Å². The summed E-state index contributed by atoms with van der Waals surface area (Å²) in [5.74, 6) is -0.384. The molecule has 4 N–H and O–H groups in total. The molecule has 5 nitrogen and oxygen atoms in total. The maximum Gasteiger partial charge on any atom is 0.322 e. The number of nitrogens with one attached hydrogen (secondary N) is 2. The number of hydrogen-bond donors (Lipinski definition) is 3. The fraction of sp³-hybridized carbons (Fsp3) is 0.200. The van der Waals surface area contributed by atoms with Crippen molar-refractivity contribution in [3.8, 4) is 0 Å². The Balaban J connectivity index is 2.51. The van der Waals surface area contributed by atoms with Gasteiger partial charge in [-0.05, 0) is 13.0 Å². The molecule has 0 spiro atoms. The van der Waals surface area contributed by atoms with Gasteiger partial charge < -0.3 is 11.1 Å². The molecule has 2 rings (SSSR count). The Morgan fingerprint density at radius 2 is 1.93 bits per heavy atom. The van der Waals surface area contributed by atoms with Crippen LogP contribution in [0.4, 0.5) is 10.5 Å². The van der Waals surface area contributed by atoms with E-state index in [1.807, 2.05) is 0 Å². The molecule has 1 unspecified atom stereocenters. The predicted molar refractivity (Wildman–Crippen MR) is 54.9 cm³/mol. The van der Waals surface area contributed by atoms with Crippen molar-refractivity contribution in [2.24, 2.45) is 0 Å². The van der Waals surface area contributed by atoms with E-state index in [4.69, 9.17) is 5.73 Å². The molecule has 0 aromatic heterocycles. The Bertz CT molecular complexity index is 444. The van der Waals surface area contributed by atoms with Crippen molar-refractivity contribution in [1.82, 2.24) is 10.6 Å². The highest BCUT2D eigenvalue weighted by atomic mass is 16.2. The first-order valence-electron chi connectivity index (χ1n) is 4.52. The van der Waals surface area contributed by atoms with Crippen molar-refractivity contribution < 1.29 is 9.59 Å². The van der Waals surface area contributed by atoms with Gasteiger partial charge >= 0.3 is 6.03 Å². The average Bonchev–Trinajstić information content (AvgIpc) is 2.42. The zero-order chi connectivity index (χ0) is 11.1. The molecule has 1 fully saturated rings. The minimum absolute atomic E-state index is 0.384. The smallest absolute Gasteiger partial charge is 0.322 e. The van der Waals surface area contributed by atoms with Crippen LogP contribution < -0.4 is 16.4 Å². The molecule has 1 atom stereocenters. The van der Waals surface area contributed by atoms with Crippen LogP contribution in [0.15, 0.2) is 24.3 Å². The number of hydrogen-bond acceptors (Lipinski definition) is 3. The number of carbonyl (C=O) groups excluding carboxylic acids is 2. The van der Waals surface area contributed by atoms with E-state index in [9.17, 15) is 9.59 Å². The molecule has 0 saturated carbocycles. The van der Waals surface area contributed by atoms with Crippen LogP contribution in [0.2, 0.25) is 0 Å². The van der Waals surface area contributed by atoms with Gasteiger partial charge in [0.15, 0.2) is 0 Å². The van der Waals surface area contributed by atoms with Crippen LogP contribution in [0.5, 0.6) is 0 Å². The molecule has 1 heterocycles. The number of nitrogen functional groups attached to an aromatic ring is 1. The fourth-order valence-corrected chi connectivity index (χ4v) is 1.69. The minimum atomic E-state index is -1.07. The molecule has 1 aromatic carbocycles. The third kappa shape index (κ3) is 1.32. The van der Waals surface area contributed by atoms with Crippen molar-refractivity contribution in [1.29, 1.82) is 0 Å². The van der Waals surface area contributed by atoms with Crippen molar-refractivity contribution in [3.63, 3.8) is 0 Å². The Morgan fingerprint density at radius 3 is 2.47 bits per heavy atom. The lowest BCUT2D eigenvalue weighted by molar-refractivity contribution is -0.123. The van der Waals surface area contributed by atoms with Crippen LogP contribution in [0.1, 0.15) is 12.5 Å². The lowest BCUT2D eigenvalue weighted by Crippen LogP contribution is -2.41. The minimum Gasteiger partial charge on any atom is -0.398 e. The highest BCUT2D eigenvalue weighted by molar-refractivity contribution is 6.07. The van der Waals surface area contributed by atoms with E-state index in [0.29, 0.717) is 11.3 Å². The number of urea groups is 1. The second-order valence-electron chi connectivity index (χ2n) is 3.62. The Labute approximate surface area is 86.6 Å². The first-order chi connectivity index (χ1) is 7.04. The summed E-state index contributed by atoms with van der Waals surface area (Å²) in [6.07, 6.45) is 0. The number of imide groups is 1. The summed E-state index contributed by atoms with van der Waals surface area (Å²) in [7, 11) is 0. The van der Waals surface area contributed by atoms with E-state index in [1.54, 1.807) is 31.2 Å². The van der Waals surface area contributed by atoms with Gasteiger partial charge in [-0.25, -0.2) is 4.79 Å². The number of carbonyl (C=O) groups is 2. The number of amides is 3. The van der Waals surface area contributed by atoms with Gasteiger partial charge in [0.1, 0.15) is 5.54 Å². The van der Waals surface area contributed by atoms with E-state index in [2.05, 4.69) is 10.6 Å². The topological polar surface area (TPSA) is 84.2 Å². The third-order valence-corrected chi connectivity index (χ3v) is 2.54. The van der Waals surface area contributed by atoms with Gasteiger partial charge in [-0.2, -0.15) is 0 Å². The zero-order valence-corrected chi connectivity index (χ0v) is 8.20. The average molecular weight is 205 g/mol. The third-order valence-electron chi connectivity index (χ3n) is 2.54. The van der Waals surface area contributed by atoms with Crippen molar-refractivity contribution >= 4 is 17.6 Å². The number of anilines is 1. The molecule has 15 heavy (non-hydrogen) atoms. The monoisotopic (exact) mass is 205 g/mol. The molecule has 0 aliphatic carbocycles. The van der Waals surface area contributed by atoms with Gasteiger partial charge in [0.05, 0.1) is 0 Å². The molecule has 3 amide bonds. The lowest BCUT2D eigenvalue weighted by Gasteiger charge is -2.22. The highest BCUT2D eigenvalue weighted by Gasteiger charge is 2.44. The molecular formula is C10H11N3O2. The van der Waals surface area contributed by atoms with Crippen molar-refractivity contribution in [2.75, 3.05) is 5.73 Å². The zero-order valence-electron chi connectivity index (χ0n) is 8.20. The molecule has 1 aliphatic heterocycles. The molecule has 0 radical (unpaired) electrons. The second-order valence-corrected chi connectivity index (χ2v) is 3.62. The Hall–Kier alpha value is -2.04. The van der Waals surface area contributed by atoms with E-state index >= 15 is 0 Å². The van der Waals surface area contributed by atoms with Crippen LogP contribution in [0.3, 0.4) is 0 Å². The van der Waals surface area contributed by atoms with E-state index in [1.165, 1.54) is 0 Å². The number of para-hydroxylation sites is 1. The largest absolute Gasteiger partial charge is 0.398 e. The van der Waals surface area contributed by atoms with Crippen molar-refractivity contribution in [3.05, 3.63) is 29.8 Å². The van der Waals surface area contributed by atoms with Crippen LogP contribution >= 0.6 is 0 Å². The highest BCUT2D eigenvalue weighted by Crippen LogP contribution is 2.28. The van der Waals surface area contributed by atoms with Crippen LogP contribution in [-0.2, 0) is 10.3 Å². The summed E-state index contributed by atoms with van der Waals surface area (Å²) in [6, 6.07) is 6.47. The van der Waals surface area contributed by atoms with E-state index in [-0.39, 0.29) is 5.91 Å². The second kappa shape index (κ2) is 2.98. The van der Waals surface area contributed by atoms with Crippen molar-refractivity contribution in [2.45, 2.75) is 12.5 Å². The van der Waals surface area contributed by atoms with E-state index in [0.717, 1.165) is 0 Å². The van der Waals surface area contributed by atoms with Crippen LogP contribution in [0.25, 0.3) is 0 Å². The summed E-state index contributed by atoms with van der Waals surface area (Å²) in [5, 5.41) is 4.75. The first-order valence-corrected chi connectivity index (χ1v) is 4.52. The summed E-state index contributed by atoms with van der Waals surface area (Å²) in [6.45, 7) is 1.62. The van der Waals surface area contributed by atoms with Gasteiger partial charge in [0.25, 0.3) is 5.91 Å². The Kier molecular flexibility index (Phi) is 1.89. The van der Waals surface area contributed by atoms with E-state index < -0.39 is 11.6 Å². The lowest BCUT2D eigenvalue weighted by atomic mass is 9.91. The molecule has 1 aromatic rings. The summed E-state index contributed by atoms with van der Waals surface area (Å²) in [4.78, 5) is 22.7. The number of benzene rings is 1. The predicted octanol–water partition coefficient (Wildman–Crippen LogP) is 0.323. The molecule has 0 bridgehead atoms. The van der Waals surface area contributed by atoms with Gasteiger partial charge in [-0.3, -0.25) is 10.1 Å². The SMILES string of the molecule is CC1(c2ccccc2N)NC(=O)NC1=O. The maximum atomic E-state index is 11.6. The summed E-state index contributed by atoms with van der Waals surface area (Å²) in [5.41, 5.74) is 5.78. The fourth-order valence-electron chi connectivity index (χ4n) is 1.69. The molecule has 78 valence electrons. The first kappa shape index (κ1) is 9.51. The van der Waals surface area contributed by atoms with Gasteiger partial charge in [-0.15, -0.1) is 0 Å². The number of nitrogens with two attached hydrogens (primary N) is 1. The molecular weight excluding hydrogens is 194 g/mol. The number of rotatable bonds is 1. The molecule has 1 aliphatic rings. The van der Waals surface area contributed by atoms with Crippen LogP contribution in [0, 0.1) is 0 Å². The molecule has 1 saturated heterocycles. The summed E-state index contributed by atoms with van der Waals surface area (Å²) >= 11 is 0. The molecule has 5 heteroatoms. The van der Waals surface area contributed by atoms with Gasteiger partial charge in [0, 0.05) is 11.3 Å². The summed E-state index contributed by atoms with van der Waals surface area (Å²) < 4.78 is 0. The normalized spacial score (nSPS) is 24.9. The quantitative estimate of drug-likeness (QED) is 0.456.